The predicted molar refractivity (Wildman–Crippen MR) is 120 cm³/mol. The summed E-state index contributed by atoms with van der Waals surface area (Å²) in [6, 6.07) is 25.7. The maximum absolute atomic E-state index is 5.87. The quantitative estimate of drug-likeness (QED) is 0.333. The van der Waals surface area contributed by atoms with Gasteiger partial charge in [-0.3, -0.25) is 5.43 Å². The van der Waals surface area contributed by atoms with E-state index in [-0.39, 0.29) is 0 Å². The smallest absolute Gasteiger partial charge is 0.187 e. The molecule has 0 saturated heterocycles. The molecule has 0 unspecified atom stereocenters. The molecule has 0 bridgehead atoms. The van der Waals surface area contributed by atoms with Crippen LogP contribution in [0, 0.1) is 0 Å². The molecule has 0 fully saturated rings. The van der Waals surface area contributed by atoms with E-state index in [2.05, 4.69) is 15.8 Å². The predicted octanol–water partition coefficient (Wildman–Crippen LogP) is 4.27. The zero-order valence-corrected chi connectivity index (χ0v) is 17.0. The Kier molecular flexibility index (Phi) is 7.60. The first-order valence-corrected chi connectivity index (χ1v) is 9.61. The summed E-state index contributed by atoms with van der Waals surface area (Å²) in [5.74, 6) is 1.33. The standard InChI is InChI=1S/C23H23N3O2S/c1-27-22-14-20(12-13-21(22)28-17-19-10-6-3-7-11-19)16-25-26-23(29)24-15-18-8-4-2-5-9-18/h2-14,16H,15,17H2,1H3,(H2,24,26,29). The van der Waals surface area contributed by atoms with Crippen molar-refractivity contribution < 1.29 is 9.47 Å². The number of thiocarbonyl (C=S) groups is 1. The van der Waals surface area contributed by atoms with Crippen LogP contribution in [0.25, 0.3) is 0 Å². The maximum Gasteiger partial charge on any atom is 0.187 e. The maximum atomic E-state index is 5.87. The first-order valence-electron chi connectivity index (χ1n) is 9.20. The van der Waals surface area contributed by atoms with Crippen molar-refractivity contribution in [2.24, 2.45) is 5.10 Å². The number of rotatable bonds is 8. The molecule has 3 aromatic carbocycles. The molecule has 0 aliphatic rings. The van der Waals surface area contributed by atoms with Gasteiger partial charge in [-0.1, -0.05) is 60.7 Å². The lowest BCUT2D eigenvalue weighted by atomic mass is 10.2. The molecule has 0 aromatic heterocycles. The van der Waals surface area contributed by atoms with Crippen LogP contribution in [0.3, 0.4) is 0 Å². The minimum absolute atomic E-state index is 0.458. The monoisotopic (exact) mass is 405 g/mol. The lowest BCUT2D eigenvalue weighted by Gasteiger charge is -2.11. The summed E-state index contributed by atoms with van der Waals surface area (Å²) >= 11 is 5.24. The van der Waals surface area contributed by atoms with Gasteiger partial charge < -0.3 is 14.8 Å². The Morgan fingerprint density at radius 3 is 2.31 bits per heavy atom. The molecule has 0 amide bonds. The van der Waals surface area contributed by atoms with E-state index in [4.69, 9.17) is 21.7 Å². The molecule has 3 aromatic rings. The Morgan fingerprint density at radius 2 is 1.62 bits per heavy atom. The van der Waals surface area contributed by atoms with Gasteiger partial charge in [0.1, 0.15) is 6.61 Å². The highest BCUT2D eigenvalue weighted by Gasteiger charge is 2.05. The number of benzene rings is 3. The van der Waals surface area contributed by atoms with Crippen molar-refractivity contribution in [3.05, 3.63) is 95.6 Å². The molecule has 0 aliphatic carbocycles. The number of hydrazone groups is 1. The second-order valence-corrected chi connectivity index (χ2v) is 6.63. The molecule has 0 spiro atoms. The highest BCUT2D eigenvalue weighted by atomic mass is 32.1. The number of nitrogens with zero attached hydrogens (tertiary/aromatic N) is 1. The van der Waals surface area contributed by atoms with Crippen LogP contribution in [0.1, 0.15) is 16.7 Å². The molecule has 3 rings (SSSR count). The van der Waals surface area contributed by atoms with Gasteiger partial charge in [-0.15, -0.1) is 0 Å². The van der Waals surface area contributed by atoms with Crippen molar-refractivity contribution in [3.8, 4) is 11.5 Å². The van der Waals surface area contributed by atoms with Gasteiger partial charge in [0.15, 0.2) is 16.6 Å². The summed E-state index contributed by atoms with van der Waals surface area (Å²) in [4.78, 5) is 0. The van der Waals surface area contributed by atoms with Crippen molar-refractivity contribution in [1.29, 1.82) is 0 Å². The first-order chi connectivity index (χ1) is 14.2. The summed E-state index contributed by atoms with van der Waals surface area (Å²) in [5.41, 5.74) is 5.93. The topological polar surface area (TPSA) is 54.9 Å². The largest absolute Gasteiger partial charge is 0.493 e. The van der Waals surface area contributed by atoms with Gasteiger partial charge in [0, 0.05) is 6.54 Å². The van der Waals surface area contributed by atoms with E-state index >= 15 is 0 Å². The van der Waals surface area contributed by atoms with Gasteiger partial charge in [-0.05, 0) is 47.1 Å². The molecule has 0 radical (unpaired) electrons. The van der Waals surface area contributed by atoms with Crippen molar-refractivity contribution in [2.45, 2.75) is 13.2 Å². The number of nitrogens with one attached hydrogen (secondary N) is 2. The van der Waals surface area contributed by atoms with E-state index in [0.717, 1.165) is 16.7 Å². The Bertz CT molecular complexity index is 947. The molecule has 5 nitrogen and oxygen atoms in total. The van der Waals surface area contributed by atoms with E-state index in [9.17, 15) is 0 Å². The minimum Gasteiger partial charge on any atom is -0.493 e. The zero-order valence-electron chi connectivity index (χ0n) is 16.2. The third kappa shape index (κ3) is 6.62. The average Bonchev–Trinajstić information content (AvgIpc) is 2.78. The van der Waals surface area contributed by atoms with Crippen LogP contribution in [0.5, 0.6) is 11.5 Å². The fraction of sp³-hybridized carbons (Fsp3) is 0.130. The van der Waals surface area contributed by atoms with Crippen LogP contribution in [0.2, 0.25) is 0 Å². The summed E-state index contributed by atoms with van der Waals surface area (Å²) in [5, 5.41) is 7.75. The highest BCUT2D eigenvalue weighted by molar-refractivity contribution is 7.80. The molecule has 0 atom stereocenters. The van der Waals surface area contributed by atoms with E-state index in [1.165, 1.54) is 0 Å². The van der Waals surface area contributed by atoms with Crippen molar-refractivity contribution in [2.75, 3.05) is 7.11 Å². The van der Waals surface area contributed by atoms with Crippen LogP contribution in [0.4, 0.5) is 0 Å². The fourth-order valence-electron chi connectivity index (χ4n) is 2.60. The van der Waals surface area contributed by atoms with Gasteiger partial charge in [0.25, 0.3) is 0 Å². The molecular weight excluding hydrogens is 382 g/mol. The molecule has 6 heteroatoms. The lowest BCUT2D eigenvalue weighted by molar-refractivity contribution is 0.284. The number of ether oxygens (including phenoxy) is 2. The van der Waals surface area contributed by atoms with Gasteiger partial charge in [0.05, 0.1) is 13.3 Å². The van der Waals surface area contributed by atoms with E-state index in [0.29, 0.717) is 29.8 Å². The Balaban J connectivity index is 1.51. The summed E-state index contributed by atoms with van der Waals surface area (Å²) in [7, 11) is 1.62. The molecule has 29 heavy (non-hydrogen) atoms. The molecule has 0 aliphatic heterocycles. The zero-order chi connectivity index (χ0) is 20.3. The van der Waals surface area contributed by atoms with Crippen LogP contribution < -0.4 is 20.2 Å². The van der Waals surface area contributed by atoms with Crippen molar-refractivity contribution in [3.63, 3.8) is 0 Å². The molecule has 0 heterocycles. The first kappa shape index (κ1) is 20.4. The fourth-order valence-corrected chi connectivity index (χ4v) is 2.73. The summed E-state index contributed by atoms with van der Waals surface area (Å²) in [6.07, 6.45) is 1.68. The Hall–Kier alpha value is -3.38. The van der Waals surface area contributed by atoms with Gasteiger partial charge in [-0.2, -0.15) is 5.10 Å². The molecule has 2 N–H and O–H groups in total. The number of hydrogen-bond acceptors (Lipinski definition) is 4. The van der Waals surface area contributed by atoms with Crippen molar-refractivity contribution >= 4 is 23.5 Å². The van der Waals surface area contributed by atoms with Gasteiger partial charge in [0.2, 0.25) is 0 Å². The second kappa shape index (κ2) is 10.8. The number of hydrogen-bond donors (Lipinski definition) is 2. The van der Waals surface area contributed by atoms with Crippen LogP contribution in [-0.4, -0.2) is 18.4 Å². The normalized spacial score (nSPS) is 10.5. The third-order valence-electron chi connectivity index (χ3n) is 4.10. The van der Waals surface area contributed by atoms with E-state index < -0.39 is 0 Å². The summed E-state index contributed by atoms with van der Waals surface area (Å²) in [6.45, 7) is 1.12. The second-order valence-electron chi connectivity index (χ2n) is 6.22. The van der Waals surface area contributed by atoms with E-state index in [1.807, 2.05) is 78.9 Å². The third-order valence-corrected chi connectivity index (χ3v) is 4.34. The minimum atomic E-state index is 0.458. The SMILES string of the molecule is COc1cc(C=NNC(=S)NCc2ccccc2)ccc1OCc1ccccc1. The molecule has 148 valence electrons. The van der Waals surface area contributed by atoms with Gasteiger partial charge >= 0.3 is 0 Å². The molecule has 0 saturated carbocycles. The van der Waals surface area contributed by atoms with Crippen LogP contribution >= 0.6 is 12.2 Å². The Labute approximate surface area is 176 Å². The lowest BCUT2D eigenvalue weighted by Crippen LogP contribution is -2.31. The summed E-state index contributed by atoms with van der Waals surface area (Å²) < 4.78 is 11.3. The molecular formula is C23H23N3O2S. The Morgan fingerprint density at radius 1 is 0.931 bits per heavy atom. The average molecular weight is 406 g/mol. The van der Waals surface area contributed by atoms with E-state index in [1.54, 1.807) is 13.3 Å². The van der Waals surface area contributed by atoms with Crippen LogP contribution in [0.15, 0.2) is 84.0 Å². The van der Waals surface area contributed by atoms with Crippen molar-refractivity contribution in [1.82, 2.24) is 10.7 Å². The number of methoxy groups -OCH3 is 1. The highest BCUT2D eigenvalue weighted by Crippen LogP contribution is 2.28. The van der Waals surface area contributed by atoms with Gasteiger partial charge in [-0.25, -0.2) is 0 Å². The van der Waals surface area contributed by atoms with Crippen LogP contribution in [-0.2, 0) is 13.2 Å².